The third kappa shape index (κ3) is 3.66. The van der Waals surface area contributed by atoms with Crippen LogP contribution in [0.5, 0.6) is 0 Å². The summed E-state index contributed by atoms with van der Waals surface area (Å²) in [6.45, 7) is 7.36. The van der Waals surface area contributed by atoms with Crippen LogP contribution in [0.4, 0.5) is 5.82 Å². The molecule has 1 saturated carbocycles. The lowest BCUT2D eigenvalue weighted by molar-refractivity contribution is 0.262. The average molecular weight is 234 g/mol. The molecular weight excluding hydrogens is 212 g/mol. The van der Waals surface area contributed by atoms with E-state index >= 15 is 0 Å². The van der Waals surface area contributed by atoms with Crippen LogP contribution in [0.3, 0.4) is 0 Å². The van der Waals surface area contributed by atoms with Crippen molar-refractivity contribution in [1.82, 2.24) is 14.9 Å². The zero-order chi connectivity index (χ0) is 12.3. The zero-order valence-electron chi connectivity index (χ0n) is 11.0. The second kappa shape index (κ2) is 5.45. The maximum absolute atomic E-state index is 4.50. The van der Waals surface area contributed by atoms with E-state index in [1.807, 2.05) is 20.0 Å². The lowest BCUT2D eigenvalue weighted by atomic mass is 10.3. The van der Waals surface area contributed by atoms with Crippen LogP contribution in [0.25, 0.3) is 0 Å². The van der Waals surface area contributed by atoms with Crippen LogP contribution in [0.15, 0.2) is 6.07 Å². The normalized spacial score (nSPS) is 15.3. The molecule has 1 fully saturated rings. The minimum atomic E-state index is 0.864. The number of aromatic nitrogens is 2. The molecule has 0 unspecified atom stereocenters. The topological polar surface area (TPSA) is 41.1 Å². The number of anilines is 1. The highest BCUT2D eigenvalue weighted by molar-refractivity contribution is 5.34. The smallest absolute Gasteiger partial charge is 0.144 e. The molecule has 0 amide bonds. The molecule has 1 N–H and O–H groups in total. The fraction of sp³-hybridized carbons (Fsp3) is 0.692. The highest BCUT2D eigenvalue weighted by atomic mass is 15.2. The minimum absolute atomic E-state index is 0.864. The van der Waals surface area contributed by atoms with Crippen LogP contribution in [-0.4, -0.2) is 35.0 Å². The fourth-order valence-corrected chi connectivity index (χ4v) is 2.00. The molecule has 0 saturated heterocycles. The molecule has 0 atom stereocenters. The van der Waals surface area contributed by atoms with Gasteiger partial charge in [0.2, 0.25) is 0 Å². The van der Waals surface area contributed by atoms with Gasteiger partial charge in [0.15, 0.2) is 0 Å². The number of hydrogen-bond donors (Lipinski definition) is 1. The van der Waals surface area contributed by atoms with Crippen LogP contribution in [0.1, 0.15) is 31.3 Å². The lowest BCUT2D eigenvalue weighted by Crippen LogP contribution is -2.26. The first-order valence-corrected chi connectivity index (χ1v) is 6.46. The molecule has 0 bridgehead atoms. The van der Waals surface area contributed by atoms with Crippen LogP contribution >= 0.6 is 0 Å². The first kappa shape index (κ1) is 12.3. The quantitative estimate of drug-likeness (QED) is 0.818. The van der Waals surface area contributed by atoms with Crippen molar-refractivity contribution in [1.29, 1.82) is 0 Å². The van der Waals surface area contributed by atoms with Gasteiger partial charge in [-0.3, -0.25) is 4.90 Å². The number of nitrogens with one attached hydrogen (secondary N) is 1. The van der Waals surface area contributed by atoms with Crippen LogP contribution < -0.4 is 5.32 Å². The highest BCUT2D eigenvalue weighted by Gasteiger charge is 2.24. The summed E-state index contributed by atoms with van der Waals surface area (Å²) in [7, 11) is 1.90. The average Bonchev–Trinajstić information content (AvgIpc) is 3.11. The molecule has 4 heteroatoms. The predicted molar refractivity (Wildman–Crippen MR) is 70.0 cm³/mol. The standard InChI is InChI=1S/C13H22N4/c1-4-17(8-11-5-6-11)9-13-15-10(2)7-12(14-3)16-13/h7,11H,4-6,8-9H2,1-3H3,(H,14,15,16). The maximum atomic E-state index is 4.50. The Kier molecular flexibility index (Phi) is 3.94. The molecule has 0 radical (unpaired) electrons. The van der Waals surface area contributed by atoms with Crippen LogP contribution in [-0.2, 0) is 6.54 Å². The predicted octanol–water partition coefficient (Wildman–Crippen LogP) is 2.06. The molecular formula is C13H22N4. The fourth-order valence-electron chi connectivity index (χ4n) is 2.00. The van der Waals surface area contributed by atoms with Crippen LogP contribution in [0, 0.1) is 12.8 Å². The number of rotatable bonds is 6. The molecule has 17 heavy (non-hydrogen) atoms. The van der Waals surface area contributed by atoms with Gasteiger partial charge in [-0.2, -0.15) is 0 Å². The van der Waals surface area contributed by atoms with Gasteiger partial charge in [0, 0.05) is 25.4 Å². The third-order valence-electron chi connectivity index (χ3n) is 3.18. The van der Waals surface area contributed by atoms with Gasteiger partial charge in [-0.15, -0.1) is 0 Å². The van der Waals surface area contributed by atoms with E-state index in [9.17, 15) is 0 Å². The van der Waals surface area contributed by atoms with E-state index in [1.54, 1.807) is 0 Å². The van der Waals surface area contributed by atoms with Crippen molar-refractivity contribution in [3.8, 4) is 0 Å². The van der Waals surface area contributed by atoms with Gasteiger partial charge < -0.3 is 5.32 Å². The van der Waals surface area contributed by atoms with Gasteiger partial charge in [0.05, 0.1) is 6.54 Å². The molecule has 1 aromatic rings. The van der Waals surface area contributed by atoms with E-state index in [-0.39, 0.29) is 0 Å². The molecule has 0 aromatic carbocycles. The minimum Gasteiger partial charge on any atom is -0.373 e. The van der Waals surface area contributed by atoms with Crippen molar-refractivity contribution < 1.29 is 0 Å². The van der Waals surface area contributed by atoms with Gasteiger partial charge in [-0.25, -0.2) is 9.97 Å². The van der Waals surface area contributed by atoms with Gasteiger partial charge in [-0.05, 0) is 32.2 Å². The van der Waals surface area contributed by atoms with E-state index in [0.717, 1.165) is 36.3 Å². The van der Waals surface area contributed by atoms with Crippen molar-refractivity contribution in [2.45, 2.75) is 33.2 Å². The first-order valence-electron chi connectivity index (χ1n) is 6.46. The van der Waals surface area contributed by atoms with Crippen molar-refractivity contribution >= 4 is 5.82 Å². The van der Waals surface area contributed by atoms with Crippen molar-refractivity contribution in [2.75, 3.05) is 25.5 Å². The van der Waals surface area contributed by atoms with Gasteiger partial charge in [0.1, 0.15) is 11.6 Å². The Morgan fingerprint density at radius 3 is 2.76 bits per heavy atom. The summed E-state index contributed by atoms with van der Waals surface area (Å²) in [6.07, 6.45) is 2.79. The second-order valence-corrected chi connectivity index (χ2v) is 4.83. The maximum Gasteiger partial charge on any atom is 0.144 e. The number of aryl methyl sites for hydroxylation is 1. The van der Waals surface area contributed by atoms with E-state index in [4.69, 9.17) is 0 Å². The van der Waals surface area contributed by atoms with Gasteiger partial charge >= 0.3 is 0 Å². The molecule has 94 valence electrons. The Hall–Kier alpha value is -1.16. The van der Waals surface area contributed by atoms with Gasteiger partial charge in [-0.1, -0.05) is 6.92 Å². The highest BCUT2D eigenvalue weighted by Crippen LogP contribution is 2.29. The summed E-state index contributed by atoms with van der Waals surface area (Å²) in [5, 5.41) is 3.08. The molecule has 2 rings (SSSR count). The molecule has 1 aliphatic rings. The van der Waals surface area contributed by atoms with Crippen molar-refractivity contribution in [3.63, 3.8) is 0 Å². The monoisotopic (exact) mass is 234 g/mol. The zero-order valence-corrected chi connectivity index (χ0v) is 11.0. The molecule has 0 spiro atoms. The molecule has 4 nitrogen and oxygen atoms in total. The van der Waals surface area contributed by atoms with Crippen LogP contribution in [0.2, 0.25) is 0 Å². The molecule has 1 aliphatic carbocycles. The third-order valence-corrected chi connectivity index (χ3v) is 3.18. The van der Waals surface area contributed by atoms with E-state index in [0.29, 0.717) is 0 Å². The number of hydrogen-bond acceptors (Lipinski definition) is 4. The summed E-state index contributed by atoms with van der Waals surface area (Å²) in [4.78, 5) is 11.4. The second-order valence-electron chi connectivity index (χ2n) is 4.83. The van der Waals surface area contributed by atoms with E-state index in [1.165, 1.54) is 19.4 Å². The Morgan fingerprint density at radius 1 is 1.41 bits per heavy atom. The first-order chi connectivity index (χ1) is 8.21. The van der Waals surface area contributed by atoms with E-state index in [2.05, 4.69) is 27.1 Å². The number of nitrogens with zero attached hydrogens (tertiary/aromatic N) is 3. The Labute approximate surface area is 103 Å². The summed E-state index contributed by atoms with van der Waals surface area (Å²) in [5.41, 5.74) is 1.03. The largest absolute Gasteiger partial charge is 0.373 e. The SMILES string of the molecule is CCN(Cc1nc(C)cc(NC)n1)CC1CC1. The molecule has 1 aromatic heterocycles. The Morgan fingerprint density at radius 2 is 2.18 bits per heavy atom. The summed E-state index contributed by atoms with van der Waals surface area (Å²) in [5.74, 6) is 2.76. The summed E-state index contributed by atoms with van der Waals surface area (Å²) in [6, 6.07) is 1.97. The van der Waals surface area contributed by atoms with Gasteiger partial charge in [0.25, 0.3) is 0 Å². The summed E-state index contributed by atoms with van der Waals surface area (Å²) < 4.78 is 0. The Bertz CT molecular complexity index is 374. The molecule has 0 aliphatic heterocycles. The van der Waals surface area contributed by atoms with Crippen molar-refractivity contribution in [2.24, 2.45) is 5.92 Å². The van der Waals surface area contributed by atoms with Crippen molar-refractivity contribution in [3.05, 3.63) is 17.6 Å². The van der Waals surface area contributed by atoms with E-state index < -0.39 is 0 Å². The molecule has 1 heterocycles. The Balaban J connectivity index is 2.01. The summed E-state index contributed by atoms with van der Waals surface area (Å²) >= 11 is 0. The lowest BCUT2D eigenvalue weighted by Gasteiger charge is -2.19.